The van der Waals surface area contributed by atoms with Crippen LogP contribution in [0.15, 0.2) is 12.5 Å². The molecular weight excluding hydrogens is 168 g/mol. The van der Waals surface area contributed by atoms with Gasteiger partial charge < -0.3 is 16.2 Å². The molecule has 0 aliphatic carbocycles. The fourth-order valence-electron chi connectivity index (χ4n) is 0.917. The molecule has 0 fully saturated rings. The first-order valence-corrected chi connectivity index (χ1v) is 4.14. The zero-order valence-corrected chi connectivity index (χ0v) is 7.57. The number of nitrogens with two attached hydrogens (primary N) is 1. The Bertz CT molecular complexity index is 266. The Morgan fingerprint density at radius 1 is 1.69 bits per heavy atom. The Hall–Kier alpha value is -1.20. The minimum absolute atomic E-state index is 0.0276. The molecule has 1 atom stereocenters. The molecule has 1 unspecified atom stereocenters. The van der Waals surface area contributed by atoms with Crippen LogP contribution >= 0.6 is 0 Å². The molecule has 0 aliphatic heterocycles. The third-order valence-corrected chi connectivity index (χ3v) is 1.66. The summed E-state index contributed by atoms with van der Waals surface area (Å²) in [5.74, 6) is 0.694. The van der Waals surface area contributed by atoms with Crippen molar-refractivity contribution in [3.8, 4) is 0 Å². The van der Waals surface area contributed by atoms with Crippen LogP contribution in [0.4, 0.5) is 5.82 Å². The number of hydrogen-bond acceptors (Lipinski definition) is 5. The van der Waals surface area contributed by atoms with Crippen molar-refractivity contribution in [1.29, 1.82) is 0 Å². The summed E-state index contributed by atoms with van der Waals surface area (Å²) in [6.07, 6.45) is 3.12. The highest BCUT2D eigenvalue weighted by molar-refractivity contribution is 5.42. The summed E-state index contributed by atoms with van der Waals surface area (Å²) in [6, 6.07) is -0.0276. The summed E-state index contributed by atoms with van der Waals surface area (Å²) in [4.78, 5) is 7.88. The largest absolute Gasteiger partial charge is 0.394 e. The van der Waals surface area contributed by atoms with Gasteiger partial charge in [0.25, 0.3) is 0 Å². The summed E-state index contributed by atoms with van der Waals surface area (Å²) >= 11 is 0. The molecule has 4 N–H and O–H groups in total. The lowest BCUT2D eigenvalue weighted by Gasteiger charge is -2.13. The van der Waals surface area contributed by atoms with Crippen molar-refractivity contribution >= 4 is 5.82 Å². The fraction of sp³-hybridized carbons (Fsp3) is 0.500. The first kappa shape index (κ1) is 9.88. The number of nitrogens with one attached hydrogen (secondary N) is 1. The summed E-state index contributed by atoms with van der Waals surface area (Å²) < 4.78 is 0. The second-order valence-electron chi connectivity index (χ2n) is 2.83. The van der Waals surface area contributed by atoms with Crippen LogP contribution in [0.3, 0.4) is 0 Å². The standard InChI is InChI=1S/C8H14N4O/c1-6(4-13)12-8-7(2-9)3-10-5-11-8/h3,5-6,13H,2,4,9H2,1H3,(H,10,11,12). The molecule has 5 nitrogen and oxygen atoms in total. The zero-order chi connectivity index (χ0) is 9.68. The van der Waals surface area contributed by atoms with E-state index < -0.39 is 0 Å². The maximum absolute atomic E-state index is 8.82. The van der Waals surface area contributed by atoms with Crippen molar-refractivity contribution in [1.82, 2.24) is 9.97 Å². The van der Waals surface area contributed by atoms with Gasteiger partial charge in [0.05, 0.1) is 6.61 Å². The molecule has 1 heterocycles. The Morgan fingerprint density at radius 2 is 2.46 bits per heavy atom. The molecule has 1 rings (SSSR count). The highest BCUT2D eigenvalue weighted by Gasteiger charge is 2.04. The smallest absolute Gasteiger partial charge is 0.134 e. The number of aliphatic hydroxyl groups excluding tert-OH is 1. The Balaban J connectivity index is 2.74. The van der Waals surface area contributed by atoms with E-state index in [9.17, 15) is 0 Å². The molecule has 13 heavy (non-hydrogen) atoms. The quantitative estimate of drug-likeness (QED) is 0.597. The average Bonchev–Trinajstić information content (AvgIpc) is 2.18. The van der Waals surface area contributed by atoms with E-state index in [1.54, 1.807) is 6.20 Å². The van der Waals surface area contributed by atoms with Gasteiger partial charge in [-0.25, -0.2) is 9.97 Å². The topological polar surface area (TPSA) is 84.1 Å². The number of hydrogen-bond donors (Lipinski definition) is 3. The predicted molar refractivity (Wildman–Crippen MR) is 50.1 cm³/mol. The predicted octanol–water partition coefficient (Wildman–Crippen LogP) is -0.272. The van der Waals surface area contributed by atoms with E-state index in [1.807, 2.05) is 6.92 Å². The Kier molecular flexibility index (Phi) is 3.60. The summed E-state index contributed by atoms with van der Waals surface area (Å²) in [6.45, 7) is 2.32. The van der Waals surface area contributed by atoms with Crippen LogP contribution < -0.4 is 11.1 Å². The van der Waals surface area contributed by atoms with Crippen molar-refractivity contribution in [3.63, 3.8) is 0 Å². The minimum Gasteiger partial charge on any atom is -0.394 e. The molecule has 0 spiro atoms. The van der Waals surface area contributed by atoms with Crippen LogP contribution in [0.1, 0.15) is 12.5 Å². The summed E-state index contributed by atoms with van der Waals surface area (Å²) in [5.41, 5.74) is 6.34. The highest BCUT2D eigenvalue weighted by Crippen LogP contribution is 2.09. The lowest BCUT2D eigenvalue weighted by molar-refractivity contribution is 0.281. The van der Waals surface area contributed by atoms with Gasteiger partial charge in [-0.05, 0) is 6.92 Å². The van der Waals surface area contributed by atoms with Gasteiger partial charge in [-0.3, -0.25) is 0 Å². The van der Waals surface area contributed by atoms with Crippen molar-refractivity contribution in [2.24, 2.45) is 5.73 Å². The number of aromatic nitrogens is 2. The third kappa shape index (κ3) is 2.64. The first-order valence-electron chi connectivity index (χ1n) is 4.14. The molecule has 0 amide bonds. The molecule has 0 aliphatic rings. The van der Waals surface area contributed by atoms with Crippen molar-refractivity contribution < 1.29 is 5.11 Å². The van der Waals surface area contributed by atoms with Gasteiger partial charge in [-0.2, -0.15) is 0 Å². The normalized spacial score (nSPS) is 12.5. The van der Waals surface area contributed by atoms with Gasteiger partial charge in [0, 0.05) is 24.3 Å². The van der Waals surface area contributed by atoms with Crippen molar-refractivity contribution in [3.05, 3.63) is 18.1 Å². The Labute approximate surface area is 77.0 Å². The highest BCUT2D eigenvalue weighted by atomic mass is 16.3. The molecule has 72 valence electrons. The van der Waals surface area contributed by atoms with Gasteiger partial charge in [0.1, 0.15) is 12.1 Å². The molecule has 0 bridgehead atoms. The van der Waals surface area contributed by atoms with Crippen molar-refractivity contribution in [2.45, 2.75) is 19.5 Å². The minimum atomic E-state index is -0.0276. The van der Waals surface area contributed by atoms with E-state index in [0.29, 0.717) is 12.4 Å². The van der Waals surface area contributed by atoms with Gasteiger partial charge >= 0.3 is 0 Å². The summed E-state index contributed by atoms with van der Waals surface area (Å²) in [7, 11) is 0. The van der Waals surface area contributed by atoms with Gasteiger partial charge in [0.15, 0.2) is 0 Å². The molecule has 0 saturated carbocycles. The lowest BCUT2D eigenvalue weighted by Crippen LogP contribution is -2.21. The maximum atomic E-state index is 8.82. The lowest BCUT2D eigenvalue weighted by atomic mass is 10.3. The van der Waals surface area contributed by atoms with Crippen LogP contribution in [0.25, 0.3) is 0 Å². The van der Waals surface area contributed by atoms with E-state index in [4.69, 9.17) is 10.8 Å². The van der Waals surface area contributed by atoms with Crippen LogP contribution in [0, 0.1) is 0 Å². The number of aliphatic hydroxyl groups is 1. The van der Waals surface area contributed by atoms with Crippen LogP contribution in [-0.2, 0) is 6.54 Å². The first-order chi connectivity index (χ1) is 6.27. The van der Waals surface area contributed by atoms with E-state index in [0.717, 1.165) is 5.56 Å². The van der Waals surface area contributed by atoms with Gasteiger partial charge in [0.2, 0.25) is 0 Å². The van der Waals surface area contributed by atoms with E-state index in [1.165, 1.54) is 6.33 Å². The number of anilines is 1. The van der Waals surface area contributed by atoms with Crippen LogP contribution in [0.5, 0.6) is 0 Å². The molecular formula is C8H14N4O. The van der Waals surface area contributed by atoms with Crippen molar-refractivity contribution in [2.75, 3.05) is 11.9 Å². The molecule has 0 saturated heterocycles. The van der Waals surface area contributed by atoms with E-state index in [-0.39, 0.29) is 12.6 Å². The van der Waals surface area contributed by atoms with Gasteiger partial charge in [-0.1, -0.05) is 0 Å². The van der Waals surface area contributed by atoms with Crippen LogP contribution in [0.2, 0.25) is 0 Å². The second kappa shape index (κ2) is 4.74. The SMILES string of the molecule is CC(CO)Nc1ncncc1CN. The van der Waals surface area contributed by atoms with E-state index >= 15 is 0 Å². The van der Waals surface area contributed by atoms with Gasteiger partial charge in [-0.15, -0.1) is 0 Å². The number of nitrogens with zero attached hydrogens (tertiary/aromatic N) is 2. The van der Waals surface area contributed by atoms with Crippen LogP contribution in [-0.4, -0.2) is 27.7 Å². The third-order valence-electron chi connectivity index (χ3n) is 1.66. The molecule has 0 aromatic carbocycles. The second-order valence-corrected chi connectivity index (χ2v) is 2.83. The fourth-order valence-corrected chi connectivity index (χ4v) is 0.917. The Morgan fingerprint density at radius 3 is 3.08 bits per heavy atom. The number of rotatable bonds is 4. The molecule has 1 aromatic heterocycles. The zero-order valence-electron chi connectivity index (χ0n) is 7.57. The average molecular weight is 182 g/mol. The van der Waals surface area contributed by atoms with E-state index in [2.05, 4.69) is 15.3 Å². The monoisotopic (exact) mass is 182 g/mol. The molecule has 5 heteroatoms. The maximum Gasteiger partial charge on any atom is 0.134 e. The summed E-state index contributed by atoms with van der Waals surface area (Å²) in [5, 5.41) is 11.9. The molecule has 0 radical (unpaired) electrons. The molecule has 1 aromatic rings.